The molecule has 0 heterocycles. The predicted molar refractivity (Wildman–Crippen MR) is 109 cm³/mol. The van der Waals surface area contributed by atoms with Gasteiger partial charge in [0.1, 0.15) is 11.8 Å². The molecule has 0 aliphatic carbocycles. The minimum absolute atomic E-state index is 0.0912. The predicted octanol–water partition coefficient (Wildman–Crippen LogP) is 4.26. The maximum atomic E-state index is 12.2. The molecule has 0 fully saturated rings. The highest BCUT2D eigenvalue weighted by Crippen LogP contribution is 2.20. The molecule has 3 N–H and O–H groups in total. The van der Waals surface area contributed by atoms with Gasteiger partial charge in [-0.05, 0) is 48.0 Å². The van der Waals surface area contributed by atoms with Crippen LogP contribution in [0.25, 0.3) is 10.8 Å². The molecule has 6 heteroatoms. The number of anilines is 1. The molecular weight excluding hydrogens is 394 g/mol. The summed E-state index contributed by atoms with van der Waals surface area (Å²) >= 11 is 3.32. The van der Waals surface area contributed by atoms with E-state index < -0.39 is 6.04 Å². The van der Waals surface area contributed by atoms with Gasteiger partial charge in [0.2, 0.25) is 0 Å². The van der Waals surface area contributed by atoms with Gasteiger partial charge in [0.05, 0.1) is 6.21 Å². The fourth-order valence-corrected chi connectivity index (χ4v) is 2.86. The van der Waals surface area contributed by atoms with Gasteiger partial charge in [0.15, 0.2) is 0 Å². The quantitative estimate of drug-likeness (QED) is 0.433. The minimum atomic E-state index is -0.468. The second kappa shape index (κ2) is 8.01. The first-order chi connectivity index (χ1) is 12.5. The number of hydrogen-bond donors (Lipinski definition) is 3. The zero-order valence-corrected chi connectivity index (χ0v) is 15.7. The van der Waals surface area contributed by atoms with E-state index in [1.807, 2.05) is 42.5 Å². The van der Waals surface area contributed by atoms with Crippen molar-refractivity contribution in [3.8, 4) is 5.75 Å². The summed E-state index contributed by atoms with van der Waals surface area (Å²) in [5.41, 5.74) is 3.85. The van der Waals surface area contributed by atoms with E-state index in [-0.39, 0.29) is 11.7 Å². The molecule has 0 aromatic heterocycles. The molecule has 0 unspecified atom stereocenters. The summed E-state index contributed by atoms with van der Waals surface area (Å²) in [6, 6.07) is 18.5. The Balaban J connectivity index is 1.61. The van der Waals surface area contributed by atoms with Gasteiger partial charge in [-0.25, -0.2) is 5.43 Å². The summed E-state index contributed by atoms with van der Waals surface area (Å²) in [6.07, 6.45) is 1.40. The summed E-state index contributed by atoms with van der Waals surface area (Å²) in [7, 11) is 0. The van der Waals surface area contributed by atoms with E-state index >= 15 is 0 Å². The lowest BCUT2D eigenvalue weighted by Gasteiger charge is -2.14. The molecule has 0 aliphatic heterocycles. The average Bonchev–Trinajstić information content (AvgIpc) is 2.64. The fraction of sp³-hybridized carbons (Fsp3) is 0.100. The third-order valence-electron chi connectivity index (χ3n) is 3.89. The number of carbonyl (C=O) groups is 1. The van der Waals surface area contributed by atoms with E-state index in [2.05, 4.69) is 31.8 Å². The Kier molecular flexibility index (Phi) is 5.53. The number of phenolic OH excluding ortho intramolecular Hbond substituents is 1. The molecule has 1 amide bonds. The number of carbonyl (C=O) groups excluding carboxylic acids is 1. The lowest BCUT2D eigenvalue weighted by atomic mass is 10.1. The summed E-state index contributed by atoms with van der Waals surface area (Å²) in [5.74, 6) is -0.183. The molecule has 0 saturated heterocycles. The van der Waals surface area contributed by atoms with Crippen molar-refractivity contribution in [1.82, 2.24) is 5.43 Å². The lowest BCUT2D eigenvalue weighted by Crippen LogP contribution is -2.34. The van der Waals surface area contributed by atoms with Gasteiger partial charge < -0.3 is 10.4 Å². The Morgan fingerprint density at radius 1 is 1.12 bits per heavy atom. The number of aromatic hydroxyl groups is 1. The SMILES string of the molecule is C[C@@H](Nc1ccc2ccccc2c1)C(=O)N/N=C\c1cc(Br)ccc1O. The van der Waals surface area contributed by atoms with Crippen LogP contribution >= 0.6 is 15.9 Å². The number of nitrogens with one attached hydrogen (secondary N) is 2. The van der Waals surface area contributed by atoms with E-state index in [0.29, 0.717) is 5.56 Å². The number of halogens is 1. The number of hydrazone groups is 1. The van der Waals surface area contributed by atoms with Crippen LogP contribution in [0.4, 0.5) is 5.69 Å². The summed E-state index contributed by atoms with van der Waals surface area (Å²) in [5, 5.41) is 19.1. The Bertz CT molecular complexity index is 972. The molecule has 5 nitrogen and oxygen atoms in total. The van der Waals surface area contributed by atoms with Crippen molar-refractivity contribution in [2.75, 3.05) is 5.32 Å². The van der Waals surface area contributed by atoms with E-state index in [0.717, 1.165) is 20.9 Å². The van der Waals surface area contributed by atoms with Crippen LogP contribution in [0.15, 0.2) is 70.2 Å². The van der Waals surface area contributed by atoms with Crippen molar-refractivity contribution in [1.29, 1.82) is 0 Å². The van der Waals surface area contributed by atoms with Crippen LogP contribution in [0.1, 0.15) is 12.5 Å². The van der Waals surface area contributed by atoms with Gasteiger partial charge in [0.25, 0.3) is 5.91 Å². The van der Waals surface area contributed by atoms with Crippen molar-refractivity contribution in [3.63, 3.8) is 0 Å². The Hall–Kier alpha value is -2.86. The van der Waals surface area contributed by atoms with Crippen molar-refractivity contribution in [2.45, 2.75) is 13.0 Å². The van der Waals surface area contributed by atoms with Crippen LogP contribution in [0.2, 0.25) is 0 Å². The van der Waals surface area contributed by atoms with Gasteiger partial charge in [-0.15, -0.1) is 0 Å². The van der Waals surface area contributed by atoms with E-state index in [1.165, 1.54) is 6.21 Å². The molecular formula is C20H18BrN3O2. The number of phenols is 1. The molecule has 0 radical (unpaired) electrons. The van der Waals surface area contributed by atoms with Crippen LogP contribution in [-0.4, -0.2) is 23.3 Å². The van der Waals surface area contributed by atoms with Crippen LogP contribution in [0.3, 0.4) is 0 Å². The average molecular weight is 412 g/mol. The second-order valence-electron chi connectivity index (χ2n) is 5.87. The number of nitrogens with zero attached hydrogens (tertiary/aromatic N) is 1. The number of benzene rings is 3. The van der Waals surface area contributed by atoms with Gasteiger partial charge in [-0.3, -0.25) is 4.79 Å². The third-order valence-corrected chi connectivity index (χ3v) is 4.39. The second-order valence-corrected chi connectivity index (χ2v) is 6.78. The number of rotatable bonds is 5. The highest BCUT2D eigenvalue weighted by Gasteiger charge is 2.12. The summed E-state index contributed by atoms with van der Waals surface area (Å²) < 4.78 is 0.814. The third kappa shape index (κ3) is 4.40. The van der Waals surface area contributed by atoms with Crippen LogP contribution < -0.4 is 10.7 Å². The van der Waals surface area contributed by atoms with Gasteiger partial charge in [0, 0.05) is 15.7 Å². The Morgan fingerprint density at radius 2 is 1.88 bits per heavy atom. The van der Waals surface area contributed by atoms with Crippen molar-refractivity contribution in [3.05, 3.63) is 70.7 Å². The molecule has 26 heavy (non-hydrogen) atoms. The molecule has 0 bridgehead atoms. The van der Waals surface area contributed by atoms with Crippen LogP contribution in [-0.2, 0) is 4.79 Å². The van der Waals surface area contributed by atoms with Crippen molar-refractivity contribution >= 4 is 44.5 Å². The van der Waals surface area contributed by atoms with E-state index in [4.69, 9.17) is 0 Å². The normalized spacial score (nSPS) is 12.2. The standard InChI is InChI=1S/C20H18BrN3O2/c1-13(23-18-8-6-14-4-2-3-5-15(14)11-18)20(26)24-22-12-16-10-17(21)7-9-19(16)25/h2-13,23,25H,1H3,(H,24,26)/b22-12-/t13-/m1/s1. The smallest absolute Gasteiger partial charge is 0.262 e. The van der Waals surface area contributed by atoms with Crippen LogP contribution in [0, 0.1) is 0 Å². The molecule has 1 atom stereocenters. The molecule has 0 saturated carbocycles. The number of fused-ring (bicyclic) bond motifs is 1. The molecule has 0 spiro atoms. The molecule has 0 aliphatic rings. The number of amides is 1. The van der Waals surface area contributed by atoms with Crippen molar-refractivity contribution in [2.24, 2.45) is 5.10 Å². The van der Waals surface area contributed by atoms with Gasteiger partial charge in [-0.2, -0.15) is 5.10 Å². The zero-order valence-electron chi connectivity index (χ0n) is 14.1. The van der Waals surface area contributed by atoms with Gasteiger partial charge >= 0.3 is 0 Å². The maximum Gasteiger partial charge on any atom is 0.262 e. The Morgan fingerprint density at radius 3 is 2.69 bits per heavy atom. The zero-order chi connectivity index (χ0) is 18.5. The first-order valence-corrected chi connectivity index (χ1v) is 8.89. The van der Waals surface area contributed by atoms with E-state index in [9.17, 15) is 9.90 Å². The molecule has 132 valence electrons. The number of hydrogen-bond acceptors (Lipinski definition) is 4. The first kappa shape index (κ1) is 17.9. The summed E-state index contributed by atoms with van der Waals surface area (Å²) in [6.45, 7) is 1.76. The summed E-state index contributed by atoms with van der Waals surface area (Å²) in [4.78, 5) is 12.2. The van der Waals surface area contributed by atoms with E-state index in [1.54, 1.807) is 25.1 Å². The monoisotopic (exact) mass is 411 g/mol. The molecule has 3 aromatic rings. The van der Waals surface area contributed by atoms with Crippen LogP contribution in [0.5, 0.6) is 5.75 Å². The molecule has 3 rings (SSSR count). The Labute approximate surface area is 159 Å². The maximum absolute atomic E-state index is 12.2. The van der Waals surface area contributed by atoms with Crippen molar-refractivity contribution < 1.29 is 9.90 Å². The topological polar surface area (TPSA) is 73.7 Å². The highest BCUT2D eigenvalue weighted by molar-refractivity contribution is 9.10. The minimum Gasteiger partial charge on any atom is -0.507 e. The lowest BCUT2D eigenvalue weighted by molar-refractivity contribution is -0.121. The largest absolute Gasteiger partial charge is 0.507 e. The van der Waals surface area contributed by atoms with Gasteiger partial charge in [-0.1, -0.05) is 46.3 Å². The highest BCUT2D eigenvalue weighted by atomic mass is 79.9. The first-order valence-electron chi connectivity index (χ1n) is 8.10. The molecule has 3 aromatic carbocycles. The fourth-order valence-electron chi connectivity index (χ4n) is 2.49.